The van der Waals surface area contributed by atoms with Gasteiger partial charge in [-0.15, -0.1) is 0 Å². The van der Waals surface area contributed by atoms with E-state index >= 15 is 9.59 Å². The first-order valence-electron chi connectivity index (χ1n) is 17.0. The second-order valence-corrected chi connectivity index (χ2v) is 13.0. The number of anilines is 4. The molecule has 2 N–H and O–H groups in total. The number of ether oxygens (including phenoxy) is 2. The molecule has 2 amide bonds. The number of nitrogens with one attached hydrogen (secondary N) is 2. The van der Waals surface area contributed by atoms with Gasteiger partial charge in [0.15, 0.2) is 0 Å². The van der Waals surface area contributed by atoms with Crippen LogP contribution in [0.2, 0.25) is 0 Å². The zero-order valence-electron chi connectivity index (χ0n) is 28.7. The van der Waals surface area contributed by atoms with E-state index in [1.165, 1.54) is 9.80 Å². The van der Waals surface area contributed by atoms with Crippen LogP contribution in [-0.4, -0.2) is 48.0 Å². The highest BCUT2D eigenvalue weighted by atomic mass is 16.5. The summed E-state index contributed by atoms with van der Waals surface area (Å²) >= 11 is 0. The van der Waals surface area contributed by atoms with E-state index in [9.17, 15) is 9.59 Å². The Bertz CT molecular complexity index is 1750. The van der Waals surface area contributed by atoms with Crippen LogP contribution in [0.25, 0.3) is 0 Å². The normalized spacial score (nSPS) is 22.7. The highest BCUT2D eigenvalue weighted by Gasteiger charge is 2.49. The van der Waals surface area contributed by atoms with Crippen LogP contribution in [0.15, 0.2) is 109 Å². The minimum absolute atomic E-state index is 0.116. The van der Waals surface area contributed by atoms with Crippen molar-refractivity contribution in [1.82, 2.24) is 0 Å². The molecule has 0 saturated heterocycles. The van der Waals surface area contributed by atoms with Gasteiger partial charge in [-0.3, -0.25) is 19.4 Å². The van der Waals surface area contributed by atoms with Gasteiger partial charge in [-0.05, 0) is 63.1 Å². The second kappa shape index (κ2) is 14.1. The summed E-state index contributed by atoms with van der Waals surface area (Å²) in [5.74, 6) is -2.52. The number of fused-ring (bicyclic) bond motifs is 2. The lowest BCUT2D eigenvalue weighted by Crippen LogP contribution is -2.51. The van der Waals surface area contributed by atoms with Gasteiger partial charge in [0.2, 0.25) is 0 Å². The molecule has 0 spiro atoms. The van der Waals surface area contributed by atoms with Crippen molar-refractivity contribution in [2.75, 3.05) is 33.6 Å². The third-order valence-electron chi connectivity index (χ3n) is 9.42. The summed E-state index contributed by atoms with van der Waals surface area (Å²) in [6.45, 7) is 7.38. The largest absolute Gasteiger partial charge is 0.464 e. The average molecular weight is 675 g/mol. The van der Waals surface area contributed by atoms with Crippen LogP contribution in [0.4, 0.5) is 22.7 Å². The Hall–Kier alpha value is -5.64. The minimum Gasteiger partial charge on any atom is -0.464 e. The monoisotopic (exact) mass is 674 g/mol. The molecule has 0 fully saturated rings. The van der Waals surface area contributed by atoms with Crippen molar-refractivity contribution in [2.45, 2.75) is 63.7 Å². The maximum Gasteiger partial charge on any atom is 0.331 e. The van der Waals surface area contributed by atoms with Crippen molar-refractivity contribution in [3.63, 3.8) is 0 Å². The Kier molecular flexibility index (Phi) is 9.63. The Morgan fingerprint density at radius 2 is 0.920 bits per heavy atom. The van der Waals surface area contributed by atoms with Crippen LogP contribution < -0.4 is 20.4 Å². The molecule has 4 atom stereocenters. The highest BCUT2D eigenvalue weighted by Crippen LogP contribution is 2.46. The smallest absolute Gasteiger partial charge is 0.331 e. The lowest BCUT2D eigenvalue weighted by molar-refractivity contribution is -0.149. The van der Waals surface area contributed by atoms with Gasteiger partial charge in [-0.25, -0.2) is 9.59 Å². The summed E-state index contributed by atoms with van der Waals surface area (Å²) < 4.78 is 11.0. The summed E-state index contributed by atoms with van der Waals surface area (Å²) in [6.07, 6.45) is 0.232. The molecule has 0 radical (unpaired) electrons. The van der Waals surface area contributed by atoms with Gasteiger partial charge in [0.1, 0.15) is 11.1 Å². The molecule has 0 saturated carbocycles. The van der Waals surface area contributed by atoms with E-state index in [1.54, 1.807) is 64.1 Å². The van der Waals surface area contributed by atoms with E-state index in [4.69, 9.17) is 9.47 Å². The summed E-state index contributed by atoms with van der Waals surface area (Å²) in [5.41, 5.74) is 0.925. The molecule has 2 heterocycles. The van der Waals surface area contributed by atoms with E-state index in [-0.39, 0.29) is 26.1 Å². The van der Waals surface area contributed by atoms with Gasteiger partial charge in [-0.1, -0.05) is 84.9 Å². The molecule has 4 unspecified atom stereocenters. The van der Waals surface area contributed by atoms with Gasteiger partial charge in [-0.2, -0.15) is 0 Å². The van der Waals surface area contributed by atoms with Crippen LogP contribution in [0.5, 0.6) is 0 Å². The van der Waals surface area contributed by atoms with Crippen molar-refractivity contribution in [3.8, 4) is 0 Å². The van der Waals surface area contributed by atoms with Gasteiger partial charge in [0, 0.05) is 12.8 Å². The number of hydrogen-bond acceptors (Lipinski definition) is 8. The number of esters is 2. The zero-order chi connectivity index (χ0) is 35.5. The fraction of sp³-hybridized carbons (Fsp3) is 0.300. The predicted octanol–water partition coefficient (Wildman–Crippen LogP) is 6.81. The van der Waals surface area contributed by atoms with Gasteiger partial charge < -0.3 is 20.1 Å². The second-order valence-electron chi connectivity index (χ2n) is 13.0. The first-order chi connectivity index (χ1) is 24.1. The van der Waals surface area contributed by atoms with Crippen molar-refractivity contribution in [1.29, 1.82) is 0 Å². The molecule has 258 valence electrons. The molecule has 0 bridgehead atoms. The van der Waals surface area contributed by atoms with Gasteiger partial charge in [0.05, 0.1) is 48.0 Å². The minimum atomic E-state index is -1.24. The van der Waals surface area contributed by atoms with E-state index in [0.717, 1.165) is 11.1 Å². The van der Waals surface area contributed by atoms with Gasteiger partial charge >= 0.3 is 23.8 Å². The lowest BCUT2D eigenvalue weighted by Gasteiger charge is -2.37. The molecule has 4 aromatic carbocycles. The first-order valence-corrected chi connectivity index (χ1v) is 17.0. The summed E-state index contributed by atoms with van der Waals surface area (Å²) in [4.78, 5) is 60.4. The molecule has 0 aliphatic carbocycles. The molecule has 6 rings (SSSR count). The Balaban J connectivity index is 1.53. The fourth-order valence-corrected chi connectivity index (χ4v) is 7.01. The number of benzene rings is 4. The molecular formula is C40H42N4O6. The van der Waals surface area contributed by atoms with Crippen LogP contribution >= 0.6 is 0 Å². The molecule has 2 aliphatic rings. The Labute approximate surface area is 292 Å². The zero-order valence-corrected chi connectivity index (χ0v) is 28.7. The molecule has 4 aromatic rings. The average Bonchev–Trinajstić information content (AvgIpc) is 3.36. The number of carbonyl (C=O) groups excluding carboxylic acids is 4. The number of nitrogens with zero attached hydrogens (tertiary/aromatic N) is 2. The lowest BCUT2D eigenvalue weighted by atomic mass is 9.88. The summed E-state index contributed by atoms with van der Waals surface area (Å²) in [7, 11) is 0. The number of rotatable bonds is 6. The maximum atomic E-state index is 15.2. The quantitative estimate of drug-likeness (QED) is 0.169. The highest BCUT2D eigenvalue weighted by molar-refractivity contribution is 6.45. The van der Waals surface area contributed by atoms with E-state index < -0.39 is 46.9 Å². The molecule has 2 aliphatic heterocycles. The Morgan fingerprint density at radius 1 is 0.580 bits per heavy atom. The Morgan fingerprint density at radius 3 is 1.28 bits per heavy atom. The van der Waals surface area contributed by atoms with Crippen molar-refractivity contribution >= 4 is 46.5 Å². The SMILES string of the molecule is CCOC(=O)C1(C)CC(c2ccccc2)N(C(=O)C(=O)N2c3ccccc3NC(C)(C(=O)OCC)CC2c2ccccc2)c2ccccc2N1. The number of hydrogen-bond donors (Lipinski definition) is 2. The topological polar surface area (TPSA) is 117 Å². The van der Waals surface area contributed by atoms with E-state index in [0.29, 0.717) is 22.7 Å². The standard InChI is InChI=1S/C40H42N4O6/c1-5-49-37(47)39(3)25-33(27-17-9-7-10-18-27)43(31-23-15-13-21-29(31)41-39)35(45)36(46)44-32-24-16-14-22-30(32)42-40(4,38(48)50-6-2)26-34(44)28-19-11-8-12-20-28/h7-24,33-34,41-42H,5-6,25-26H2,1-4H3. The van der Waals surface area contributed by atoms with Crippen LogP contribution in [0.1, 0.15) is 63.7 Å². The van der Waals surface area contributed by atoms with Crippen LogP contribution in [0, 0.1) is 0 Å². The number of amides is 2. The van der Waals surface area contributed by atoms with Crippen LogP contribution in [0.3, 0.4) is 0 Å². The number of carbonyl (C=O) groups is 4. The molecule has 50 heavy (non-hydrogen) atoms. The first kappa shape index (κ1) is 34.2. The number of para-hydroxylation sites is 4. The molecule has 0 aromatic heterocycles. The van der Waals surface area contributed by atoms with Crippen molar-refractivity contribution in [3.05, 3.63) is 120 Å². The summed E-state index contributed by atoms with van der Waals surface area (Å²) in [5, 5.41) is 6.73. The molecule has 10 heteroatoms. The van der Waals surface area contributed by atoms with Crippen LogP contribution in [-0.2, 0) is 28.7 Å². The maximum absolute atomic E-state index is 15.2. The van der Waals surface area contributed by atoms with Crippen molar-refractivity contribution in [2.24, 2.45) is 0 Å². The molecular weight excluding hydrogens is 632 g/mol. The third-order valence-corrected chi connectivity index (χ3v) is 9.42. The fourth-order valence-electron chi connectivity index (χ4n) is 7.01. The van der Waals surface area contributed by atoms with Gasteiger partial charge in [0.25, 0.3) is 0 Å². The van der Waals surface area contributed by atoms with Crippen molar-refractivity contribution < 1.29 is 28.7 Å². The van der Waals surface area contributed by atoms with E-state index in [2.05, 4.69) is 10.6 Å². The molecule has 10 nitrogen and oxygen atoms in total. The predicted molar refractivity (Wildman–Crippen MR) is 193 cm³/mol. The third kappa shape index (κ3) is 6.41. The summed E-state index contributed by atoms with van der Waals surface area (Å²) in [6, 6.07) is 31.6. The van der Waals surface area contributed by atoms with E-state index in [1.807, 2.05) is 72.8 Å².